The first kappa shape index (κ1) is 34.4. The lowest BCUT2D eigenvalue weighted by Gasteiger charge is -2.39. The fraction of sp³-hybridized carbons (Fsp3) is 0.205. The first-order valence-corrected chi connectivity index (χ1v) is 16.9. The summed E-state index contributed by atoms with van der Waals surface area (Å²) in [5, 5.41) is 10.5. The number of piperazine rings is 1. The van der Waals surface area contributed by atoms with Gasteiger partial charge in [-0.3, -0.25) is 19.1 Å². The number of nitrogens with zero attached hydrogens (tertiary/aromatic N) is 4. The van der Waals surface area contributed by atoms with Gasteiger partial charge in [-0.25, -0.2) is 0 Å². The lowest BCUT2D eigenvalue weighted by Crippen LogP contribution is -2.50. The van der Waals surface area contributed by atoms with E-state index in [9.17, 15) is 28.0 Å². The van der Waals surface area contributed by atoms with Crippen molar-refractivity contribution in [3.8, 4) is 17.5 Å². The molecule has 0 aliphatic carbocycles. The summed E-state index contributed by atoms with van der Waals surface area (Å²) in [6.45, 7) is 3.92. The molecule has 1 saturated heterocycles. The topological polar surface area (TPSA) is 78.6 Å². The van der Waals surface area contributed by atoms with E-state index in [0.29, 0.717) is 49.8 Å². The summed E-state index contributed by atoms with van der Waals surface area (Å²) in [4.78, 5) is 32.1. The summed E-state index contributed by atoms with van der Waals surface area (Å²) in [6, 6.07) is 33.7. The van der Waals surface area contributed by atoms with Crippen molar-refractivity contribution in [1.29, 1.82) is 5.26 Å². The quantitative estimate of drug-likeness (QED) is 0.207. The van der Waals surface area contributed by atoms with Crippen LogP contribution in [0.3, 0.4) is 0 Å². The number of amides is 1. The Labute approximate surface area is 291 Å². The van der Waals surface area contributed by atoms with E-state index < -0.39 is 23.2 Å². The van der Waals surface area contributed by atoms with E-state index >= 15 is 0 Å². The highest BCUT2D eigenvalue weighted by Crippen LogP contribution is 2.31. The predicted molar refractivity (Wildman–Crippen MR) is 187 cm³/mol. The smallest absolute Gasteiger partial charge is 0.416 e. The fourth-order valence-corrected chi connectivity index (χ4v) is 7.21. The Morgan fingerprint density at radius 1 is 0.880 bits per heavy atom. The highest BCUT2D eigenvalue weighted by Gasteiger charge is 2.31. The number of hydrogen-bond acceptors (Lipinski definition) is 6. The summed E-state index contributed by atoms with van der Waals surface area (Å²) >= 11 is 0.937. The molecule has 6 rings (SSSR count). The number of alkyl halides is 3. The zero-order valence-electron chi connectivity index (χ0n) is 27.1. The molecule has 0 N–H and O–H groups in total. The van der Waals surface area contributed by atoms with Crippen molar-refractivity contribution in [3.05, 3.63) is 151 Å². The van der Waals surface area contributed by atoms with E-state index in [-0.39, 0.29) is 20.8 Å². The number of nitriles is 1. The molecule has 1 aromatic heterocycles. The Morgan fingerprint density at radius 3 is 2.02 bits per heavy atom. The molecule has 11 heteroatoms. The summed E-state index contributed by atoms with van der Waals surface area (Å²) in [5.74, 6) is -0.128. The molecule has 1 aliphatic rings. The van der Waals surface area contributed by atoms with Gasteiger partial charge in [0.15, 0.2) is 5.57 Å². The lowest BCUT2D eigenvalue weighted by molar-refractivity contribution is -0.137. The minimum Gasteiger partial charge on any atom is -0.492 e. The third kappa shape index (κ3) is 7.27. The third-order valence-corrected chi connectivity index (χ3v) is 9.59. The standard InChI is InChI=1S/C39H33F3N4O3S/c1-2-49-33-16-10-9-15-32(33)46-37(48)34(25-27-17-19-30(20-18-27)39(40,41)42)50-38(46)31(26-43)36(47)45-23-21-44(22-24-45)35(28-11-5-3-6-12-28)29-13-7-4-8-14-29/h3-20,25,35H,2,21-24H2,1H3/b34-25-,38-31-. The van der Waals surface area contributed by atoms with Gasteiger partial charge in [0.1, 0.15) is 16.5 Å². The molecule has 1 aliphatic heterocycles. The highest BCUT2D eigenvalue weighted by atomic mass is 32.1. The van der Waals surface area contributed by atoms with Crippen LogP contribution in [0.2, 0.25) is 0 Å². The van der Waals surface area contributed by atoms with E-state index in [4.69, 9.17) is 4.74 Å². The first-order chi connectivity index (χ1) is 24.2. The van der Waals surface area contributed by atoms with Gasteiger partial charge in [-0.2, -0.15) is 18.4 Å². The Kier molecular flexibility index (Phi) is 10.3. The van der Waals surface area contributed by atoms with Crippen molar-refractivity contribution in [1.82, 2.24) is 14.4 Å². The summed E-state index contributed by atoms with van der Waals surface area (Å²) < 4.78 is 46.9. The van der Waals surface area contributed by atoms with Gasteiger partial charge >= 0.3 is 6.18 Å². The molecular formula is C39H33F3N4O3S. The molecule has 50 heavy (non-hydrogen) atoms. The molecular weight excluding hydrogens is 662 g/mol. The van der Waals surface area contributed by atoms with Gasteiger partial charge in [-0.1, -0.05) is 84.9 Å². The average molecular weight is 695 g/mol. The Balaban J connectivity index is 1.39. The highest BCUT2D eigenvalue weighted by molar-refractivity contribution is 7.07. The summed E-state index contributed by atoms with van der Waals surface area (Å²) in [5.41, 5.74) is 1.43. The minimum absolute atomic E-state index is 0.0186. The molecule has 254 valence electrons. The number of ether oxygens (including phenoxy) is 1. The number of halogens is 3. The maximum atomic E-state index is 14.1. The molecule has 0 saturated carbocycles. The second-order valence-electron chi connectivity index (χ2n) is 11.6. The second-order valence-corrected chi connectivity index (χ2v) is 12.6. The third-order valence-electron chi connectivity index (χ3n) is 8.50. The SMILES string of the molecule is CCOc1ccccc1-n1c(=O)/c(=C/c2ccc(C(F)(F)F)cc2)s/c1=C(/C#N)C(=O)N1CCN(C(c2ccccc2)c2ccccc2)CC1. The van der Waals surface area contributed by atoms with Crippen molar-refractivity contribution >= 4 is 28.9 Å². The van der Waals surface area contributed by atoms with Crippen LogP contribution in [0.25, 0.3) is 17.3 Å². The summed E-state index contributed by atoms with van der Waals surface area (Å²) in [6.07, 6.45) is -3.04. The molecule has 0 spiro atoms. The maximum Gasteiger partial charge on any atom is 0.416 e. The molecule has 7 nitrogen and oxygen atoms in total. The van der Waals surface area contributed by atoms with E-state index in [1.54, 1.807) is 36.1 Å². The molecule has 2 heterocycles. The Morgan fingerprint density at radius 2 is 1.46 bits per heavy atom. The lowest BCUT2D eigenvalue weighted by atomic mass is 9.96. The Hall–Kier alpha value is -5.44. The monoisotopic (exact) mass is 694 g/mol. The van der Waals surface area contributed by atoms with Crippen LogP contribution in [0.1, 0.15) is 35.2 Å². The predicted octanol–water partition coefficient (Wildman–Crippen LogP) is 5.75. The molecule has 0 unspecified atom stereocenters. The first-order valence-electron chi connectivity index (χ1n) is 16.1. The van der Waals surface area contributed by atoms with Gasteiger partial charge in [0.25, 0.3) is 11.5 Å². The van der Waals surface area contributed by atoms with Crippen LogP contribution in [0, 0.1) is 11.3 Å². The van der Waals surface area contributed by atoms with Crippen molar-refractivity contribution in [2.24, 2.45) is 0 Å². The van der Waals surface area contributed by atoms with Gasteiger partial charge in [0.2, 0.25) is 0 Å². The van der Waals surface area contributed by atoms with Crippen LogP contribution < -0.4 is 19.5 Å². The van der Waals surface area contributed by atoms with Gasteiger partial charge in [-0.05, 0) is 54.0 Å². The summed E-state index contributed by atoms with van der Waals surface area (Å²) in [7, 11) is 0. The minimum atomic E-state index is -4.50. The number of rotatable bonds is 8. The van der Waals surface area contributed by atoms with Crippen molar-refractivity contribution in [2.75, 3.05) is 32.8 Å². The average Bonchev–Trinajstić information content (AvgIpc) is 3.44. The number of hydrogen-bond donors (Lipinski definition) is 0. The van der Waals surface area contributed by atoms with Gasteiger partial charge in [0, 0.05) is 26.2 Å². The van der Waals surface area contributed by atoms with Crippen molar-refractivity contribution < 1.29 is 22.7 Å². The molecule has 1 fully saturated rings. The molecule has 1 amide bonds. The van der Waals surface area contributed by atoms with Crippen LogP contribution >= 0.6 is 11.3 Å². The van der Waals surface area contributed by atoms with Gasteiger partial charge < -0.3 is 9.64 Å². The number of carbonyl (C=O) groups is 1. The number of thiazole rings is 1. The second kappa shape index (κ2) is 15.0. The number of benzene rings is 4. The van der Waals surface area contributed by atoms with Gasteiger partial charge in [-0.15, -0.1) is 11.3 Å². The number of aromatic nitrogens is 1. The van der Waals surface area contributed by atoms with Crippen LogP contribution in [0.15, 0.2) is 114 Å². The zero-order chi connectivity index (χ0) is 35.3. The fourth-order valence-electron chi connectivity index (χ4n) is 6.12. The maximum absolute atomic E-state index is 14.1. The molecule has 0 radical (unpaired) electrons. The molecule has 5 aromatic rings. The number of para-hydroxylation sites is 2. The molecule has 0 bridgehead atoms. The normalized spacial score (nSPS) is 14.8. The zero-order valence-corrected chi connectivity index (χ0v) is 28.0. The van der Waals surface area contributed by atoms with Gasteiger partial charge in [0.05, 0.1) is 28.4 Å². The van der Waals surface area contributed by atoms with Crippen LogP contribution in [0.5, 0.6) is 5.75 Å². The van der Waals surface area contributed by atoms with Crippen LogP contribution in [-0.2, 0) is 11.0 Å². The van der Waals surface area contributed by atoms with E-state index in [2.05, 4.69) is 35.2 Å². The molecule has 4 aromatic carbocycles. The van der Waals surface area contributed by atoms with E-state index in [1.165, 1.54) is 22.8 Å². The van der Waals surface area contributed by atoms with E-state index in [0.717, 1.165) is 34.6 Å². The molecule has 0 atom stereocenters. The Bertz CT molecular complexity index is 2140. The van der Waals surface area contributed by atoms with Crippen molar-refractivity contribution in [2.45, 2.75) is 19.1 Å². The largest absolute Gasteiger partial charge is 0.492 e. The van der Waals surface area contributed by atoms with E-state index in [1.807, 2.05) is 36.4 Å². The van der Waals surface area contributed by atoms with Crippen molar-refractivity contribution in [3.63, 3.8) is 0 Å². The van der Waals surface area contributed by atoms with Crippen LogP contribution in [0.4, 0.5) is 13.2 Å². The number of carbonyl (C=O) groups excluding carboxylic acids is 1. The van der Waals surface area contributed by atoms with Crippen LogP contribution in [-0.4, -0.2) is 53.1 Å².